The Morgan fingerprint density at radius 2 is 2.00 bits per heavy atom. The largest absolute Gasteiger partial charge is 0.372 e. The lowest BCUT2D eigenvalue weighted by Gasteiger charge is -2.16. The summed E-state index contributed by atoms with van der Waals surface area (Å²) >= 11 is 0. The Morgan fingerprint density at radius 3 is 2.73 bits per heavy atom. The van der Waals surface area contributed by atoms with Crippen molar-refractivity contribution in [2.75, 3.05) is 11.9 Å². The van der Waals surface area contributed by atoms with Crippen molar-refractivity contribution in [3.8, 4) is 0 Å². The zero-order chi connectivity index (χ0) is 15.7. The van der Waals surface area contributed by atoms with Crippen LogP contribution in [-0.4, -0.2) is 21.4 Å². The minimum absolute atomic E-state index is 0.130. The van der Waals surface area contributed by atoms with E-state index in [-0.39, 0.29) is 24.0 Å². The molecule has 7 heteroatoms. The van der Waals surface area contributed by atoms with Crippen molar-refractivity contribution in [3.63, 3.8) is 0 Å². The van der Waals surface area contributed by atoms with Gasteiger partial charge in [-0.1, -0.05) is 24.3 Å². The van der Waals surface area contributed by atoms with Gasteiger partial charge in [0, 0.05) is 25.2 Å². The van der Waals surface area contributed by atoms with Crippen LogP contribution < -0.4 is 4.90 Å². The maximum atomic E-state index is 13.7. The third kappa shape index (κ3) is 2.37. The van der Waals surface area contributed by atoms with E-state index in [9.17, 15) is 14.5 Å². The normalized spacial score (nSPS) is 10.8. The topological polar surface area (TPSA) is 63.7 Å². The summed E-state index contributed by atoms with van der Waals surface area (Å²) in [5.74, 6) is -0.269. The van der Waals surface area contributed by atoms with Gasteiger partial charge in [0.1, 0.15) is 5.82 Å². The van der Waals surface area contributed by atoms with Crippen LogP contribution in [0.2, 0.25) is 0 Å². The number of hydrogen-bond acceptors (Lipinski definition) is 4. The summed E-state index contributed by atoms with van der Waals surface area (Å²) in [6, 6.07) is 11.5. The summed E-state index contributed by atoms with van der Waals surface area (Å²) in [6.07, 6.45) is 1.58. The summed E-state index contributed by atoms with van der Waals surface area (Å²) in [6.45, 7) is 0.192. The summed E-state index contributed by atoms with van der Waals surface area (Å²) in [5, 5.41) is 11.4. The lowest BCUT2D eigenvalue weighted by Crippen LogP contribution is -2.18. The second-order valence-electron chi connectivity index (χ2n) is 4.89. The Kier molecular flexibility index (Phi) is 3.46. The summed E-state index contributed by atoms with van der Waals surface area (Å²) in [5.41, 5.74) is 0.931. The first-order valence-corrected chi connectivity index (χ1v) is 6.64. The fourth-order valence-electron chi connectivity index (χ4n) is 2.35. The van der Waals surface area contributed by atoms with Gasteiger partial charge in [-0.25, -0.2) is 4.39 Å². The van der Waals surface area contributed by atoms with E-state index in [2.05, 4.69) is 4.98 Å². The molecule has 0 atom stereocenters. The quantitative estimate of drug-likeness (QED) is 0.549. The zero-order valence-corrected chi connectivity index (χ0v) is 11.8. The number of rotatable bonds is 4. The van der Waals surface area contributed by atoms with E-state index >= 15 is 0 Å². The molecule has 0 saturated heterocycles. The molecule has 2 aromatic heterocycles. The molecule has 0 spiro atoms. The van der Waals surface area contributed by atoms with Gasteiger partial charge in [0.2, 0.25) is 11.5 Å². The molecular formula is C15H13FN4O2. The Balaban J connectivity index is 2.04. The number of halogens is 1. The second-order valence-corrected chi connectivity index (χ2v) is 4.89. The highest BCUT2D eigenvalue weighted by Gasteiger charge is 2.25. The van der Waals surface area contributed by atoms with Crippen LogP contribution >= 0.6 is 0 Å². The van der Waals surface area contributed by atoms with Crippen molar-refractivity contribution in [2.24, 2.45) is 0 Å². The highest BCUT2D eigenvalue weighted by Crippen LogP contribution is 2.29. The average Bonchev–Trinajstić information content (AvgIpc) is 2.89. The molecule has 3 aromatic rings. The molecule has 0 bridgehead atoms. The summed E-state index contributed by atoms with van der Waals surface area (Å²) < 4.78 is 15.2. The zero-order valence-electron chi connectivity index (χ0n) is 11.8. The van der Waals surface area contributed by atoms with Crippen LogP contribution in [0, 0.1) is 15.9 Å². The van der Waals surface area contributed by atoms with E-state index in [1.54, 1.807) is 54.5 Å². The van der Waals surface area contributed by atoms with E-state index in [0.29, 0.717) is 11.2 Å². The van der Waals surface area contributed by atoms with Crippen LogP contribution in [0.15, 0.2) is 48.7 Å². The Morgan fingerprint density at radius 1 is 1.27 bits per heavy atom. The molecule has 2 heterocycles. The molecule has 112 valence electrons. The summed E-state index contributed by atoms with van der Waals surface area (Å²) in [4.78, 5) is 16.7. The number of benzene rings is 1. The highest BCUT2D eigenvalue weighted by molar-refractivity contribution is 5.63. The number of imidazole rings is 1. The van der Waals surface area contributed by atoms with E-state index in [1.165, 1.54) is 10.5 Å². The predicted molar refractivity (Wildman–Crippen MR) is 80.4 cm³/mol. The molecule has 0 radical (unpaired) electrons. The minimum Gasteiger partial charge on any atom is -0.358 e. The van der Waals surface area contributed by atoms with Crippen LogP contribution in [0.5, 0.6) is 0 Å². The van der Waals surface area contributed by atoms with Gasteiger partial charge in [-0.3, -0.25) is 0 Å². The van der Waals surface area contributed by atoms with Crippen LogP contribution in [0.25, 0.3) is 5.65 Å². The number of fused-ring (bicyclic) bond motifs is 1. The van der Waals surface area contributed by atoms with Gasteiger partial charge in [0.25, 0.3) is 0 Å². The number of pyridine rings is 1. The van der Waals surface area contributed by atoms with E-state index in [4.69, 9.17) is 0 Å². The molecule has 3 rings (SSSR count). The molecule has 22 heavy (non-hydrogen) atoms. The van der Waals surface area contributed by atoms with Gasteiger partial charge < -0.3 is 15.0 Å². The number of nitro groups is 1. The molecule has 1 aromatic carbocycles. The van der Waals surface area contributed by atoms with Crippen molar-refractivity contribution in [2.45, 2.75) is 6.54 Å². The molecule has 0 aliphatic rings. The highest BCUT2D eigenvalue weighted by atomic mass is 19.1. The monoisotopic (exact) mass is 300 g/mol. The molecule has 6 nitrogen and oxygen atoms in total. The van der Waals surface area contributed by atoms with Crippen LogP contribution in [0.3, 0.4) is 0 Å². The number of hydrogen-bond donors (Lipinski definition) is 0. The standard InChI is InChI=1S/C15H13FN4O2/c1-18(10-11-6-2-3-7-12(11)16)14-15(20(21)22)19-9-5-4-8-13(19)17-14/h2-9H,10H2,1H3. The first kappa shape index (κ1) is 14.0. The van der Waals surface area contributed by atoms with Gasteiger partial charge >= 0.3 is 5.82 Å². The number of anilines is 1. The molecule has 0 aliphatic carbocycles. The molecular weight excluding hydrogens is 287 g/mol. The van der Waals surface area contributed by atoms with Crippen LogP contribution in [0.1, 0.15) is 5.56 Å². The van der Waals surface area contributed by atoms with Crippen molar-refractivity contribution in [1.29, 1.82) is 0 Å². The fourth-order valence-corrected chi connectivity index (χ4v) is 2.35. The SMILES string of the molecule is CN(Cc1ccccc1F)c1nc2ccccn2c1[N+](=O)[O-]. The van der Waals surface area contributed by atoms with E-state index in [1.807, 2.05) is 0 Å². The predicted octanol–water partition coefficient (Wildman–Crippen LogP) is 3.02. The van der Waals surface area contributed by atoms with Crippen LogP contribution in [0.4, 0.5) is 16.0 Å². The Labute approximate surface area is 125 Å². The maximum Gasteiger partial charge on any atom is 0.372 e. The molecule has 0 saturated carbocycles. The van der Waals surface area contributed by atoms with Crippen molar-refractivity contribution in [1.82, 2.24) is 9.38 Å². The average molecular weight is 300 g/mol. The number of aromatic nitrogens is 2. The first-order chi connectivity index (χ1) is 10.6. The van der Waals surface area contributed by atoms with Gasteiger partial charge in [-0.05, 0) is 17.1 Å². The van der Waals surface area contributed by atoms with Gasteiger partial charge in [-0.15, -0.1) is 0 Å². The third-order valence-electron chi connectivity index (χ3n) is 3.39. The molecule has 0 amide bonds. The minimum atomic E-state index is -0.479. The van der Waals surface area contributed by atoms with E-state index in [0.717, 1.165) is 0 Å². The molecule has 0 aliphatic heterocycles. The first-order valence-electron chi connectivity index (χ1n) is 6.64. The Bertz CT molecular complexity index is 846. The van der Waals surface area contributed by atoms with Gasteiger partial charge in [0.05, 0.1) is 6.20 Å². The summed E-state index contributed by atoms with van der Waals surface area (Å²) in [7, 11) is 1.65. The molecule has 0 N–H and O–H groups in total. The van der Waals surface area contributed by atoms with Crippen molar-refractivity contribution < 1.29 is 9.31 Å². The van der Waals surface area contributed by atoms with E-state index < -0.39 is 4.92 Å². The lowest BCUT2D eigenvalue weighted by molar-refractivity contribution is -0.389. The van der Waals surface area contributed by atoms with Crippen molar-refractivity contribution in [3.05, 3.63) is 70.2 Å². The second kappa shape index (κ2) is 5.44. The maximum absolute atomic E-state index is 13.7. The molecule has 0 unspecified atom stereocenters. The third-order valence-corrected chi connectivity index (χ3v) is 3.39. The Hall–Kier alpha value is -2.96. The number of nitrogens with zero attached hydrogens (tertiary/aromatic N) is 4. The van der Waals surface area contributed by atoms with Crippen LogP contribution in [-0.2, 0) is 6.54 Å². The lowest BCUT2D eigenvalue weighted by atomic mass is 10.2. The fraction of sp³-hybridized carbons (Fsp3) is 0.133. The smallest absolute Gasteiger partial charge is 0.358 e. The van der Waals surface area contributed by atoms with Gasteiger partial charge in [-0.2, -0.15) is 9.38 Å². The van der Waals surface area contributed by atoms with Crippen molar-refractivity contribution >= 4 is 17.3 Å². The van der Waals surface area contributed by atoms with Gasteiger partial charge in [0.15, 0.2) is 0 Å². The molecule has 0 fully saturated rings.